The van der Waals surface area contributed by atoms with Crippen LogP contribution in [0.15, 0.2) is 18.2 Å². The molecule has 7 nitrogen and oxygen atoms in total. The highest BCUT2D eigenvalue weighted by atomic mass is 16.7. The Bertz CT molecular complexity index is 570. The molecular weight excluding hydrogens is 286 g/mol. The number of amides is 2. The predicted octanol–water partition coefficient (Wildman–Crippen LogP) is 1.60. The molecule has 0 unspecified atom stereocenters. The number of nitriles is 1. The van der Waals surface area contributed by atoms with Crippen molar-refractivity contribution >= 4 is 6.03 Å². The SMILES string of the molecule is C[C@H](C#N)CN(C)C(=O)NCCOc1ccc2c(c1)OCO2. The first-order chi connectivity index (χ1) is 10.6. The number of rotatable bonds is 6. The van der Waals surface area contributed by atoms with Crippen molar-refractivity contribution in [3.8, 4) is 23.3 Å². The molecule has 1 atom stereocenters. The van der Waals surface area contributed by atoms with Crippen LogP contribution in [0.3, 0.4) is 0 Å². The lowest BCUT2D eigenvalue weighted by Gasteiger charge is -2.19. The standard InChI is InChI=1S/C15H19N3O4/c1-11(8-16)9-18(2)15(19)17-5-6-20-12-3-4-13-14(7-12)22-10-21-13/h3-4,7,11H,5-6,9-10H2,1-2H3,(H,17,19)/t11-/m1/s1. The van der Waals surface area contributed by atoms with Crippen molar-refractivity contribution < 1.29 is 19.0 Å². The van der Waals surface area contributed by atoms with Crippen LogP contribution >= 0.6 is 0 Å². The van der Waals surface area contributed by atoms with Gasteiger partial charge in [-0.1, -0.05) is 0 Å². The molecule has 2 rings (SSSR count). The number of hydrogen-bond acceptors (Lipinski definition) is 5. The van der Waals surface area contributed by atoms with Crippen LogP contribution in [-0.4, -0.2) is 44.5 Å². The van der Waals surface area contributed by atoms with Gasteiger partial charge in [0.25, 0.3) is 0 Å². The van der Waals surface area contributed by atoms with E-state index in [0.29, 0.717) is 36.9 Å². The number of fused-ring (bicyclic) bond motifs is 1. The van der Waals surface area contributed by atoms with E-state index in [9.17, 15) is 4.79 Å². The summed E-state index contributed by atoms with van der Waals surface area (Å²) >= 11 is 0. The normalized spacial score (nSPS) is 13.1. The molecule has 0 fully saturated rings. The van der Waals surface area contributed by atoms with E-state index in [1.807, 2.05) is 0 Å². The fourth-order valence-corrected chi connectivity index (χ4v) is 1.96. The Kier molecular flexibility index (Phi) is 5.31. The van der Waals surface area contributed by atoms with E-state index in [0.717, 1.165) is 0 Å². The predicted molar refractivity (Wildman–Crippen MR) is 78.9 cm³/mol. The molecule has 0 aliphatic carbocycles. The number of carbonyl (C=O) groups is 1. The summed E-state index contributed by atoms with van der Waals surface area (Å²) in [5.41, 5.74) is 0. The number of ether oxygens (including phenoxy) is 3. The maximum Gasteiger partial charge on any atom is 0.317 e. The van der Waals surface area contributed by atoms with Gasteiger partial charge in [-0.05, 0) is 19.1 Å². The van der Waals surface area contributed by atoms with Gasteiger partial charge in [0.15, 0.2) is 11.5 Å². The maximum absolute atomic E-state index is 11.8. The van der Waals surface area contributed by atoms with E-state index >= 15 is 0 Å². The highest BCUT2D eigenvalue weighted by Crippen LogP contribution is 2.34. The van der Waals surface area contributed by atoms with Crippen LogP contribution in [0.2, 0.25) is 0 Å². The Morgan fingerprint density at radius 1 is 1.50 bits per heavy atom. The summed E-state index contributed by atoms with van der Waals surface area (Å²) in [7, 11) is 1.65. The highest BCUT2D eigenvalue weighted by Gasteiger charge is 2.14. The van der Waals surface area contributed by atoms with E-state index in [4.69, 9.17) is 19.5 Å². The second kappa shape index (κ2) is 7.41. The summed E-state index contributed by atoms with van der Waals surface area (Å²) in [5, 5.41) is 11.5. The van der Waals surface area contributed by atoms with Crippen molar-refractivity contribution in [3.63, 3.8) is 0 Å². The molecule has 1 heterocycles. The van der Waals surface area contributed by atoms with Crippen molar-refractivity contribution in [2.24, 2.45) is 5.92 Å². The van der Waals surface area contributed by atoms with Gasteiger partial charge in [-0.25, -0.2) is 4.79 Å². The van der Waals surface area contributed by atoms with Gasteiger partial charge in [0, 0.05) is 19.7 Å². The molecule has 118 valence electrons. The first-order valence-electron chi connectivity index (χ1n) is 7.01. The van der Waals surface area contributed by atoms with E-state index in [1.54, 1.807) is 32.2 Å². The number of benzene rings is 1. The quantitative estimate of drug-likeness (QED) is 0.807. The molecule has 1 aromatic rings. The van der Waals surface area contributed by atoms with Crippen LogP contribution in [0.25, 0.3) is 0 Å². The van der Waals surface area contributed by atoms with Gasteiger partial charge in [0.1, 0.15) is 12.4 Å². The zero-order valence-electron chi connectivity index (χ0n) is 12.7. The van der Waals surface area contributed by atoms with Crippen LogP contribution in [0.4, 0.5) is 4.79 Å². The first-order valence-corrected chi connectivity index (χ1v) is 7.01. The molecule has 0 aromatic heterocycles. The van der Waals surface area contributed by atoms with Gasteiger partial charge < -0.3 is 24.4 Å². The van der Waals surface area contributed by atoms with Crippen molar-refractivity contribution in [2.45, 2.75) is 6.92 Å². The lowest BCUT2D eigenvalue weighted by molar-refractivity contribution is 0.173. The summed E-state index contributed by atoms with van der Waals surface area (Å²) in [6, 6.07) is 7.19. The molecular formula is C15H19N3O4. The Balaban J connectivity index is 1.69. The van der Waals surface area contributed by atoms with Crippen molar-refractivity contribution in [1.82, 2.24) is 10.2 Å². The minimum Gasteiger partial charge on any atom is -0.492 e. The van der Waals surface area contributed by atoms with Crippen LogP contribution < -0.4 is 19.5 Å². The average molecular weight is 305 g/mol. The molecule has 1 aromatic carbocycles. The largest absolute Gasteiger partial charge is 0.492 e. The van der Waals surface area contributed by atoms with Crippen LogP contribution in [0.5, 0.6) is 17.2 Å². The van der Waals surface area contributed by atoms with Gasteiger partial charge in [-0.3, -0.25) is 0 Å². The molecule has 1 aliphatic rings. The fourth-order valence-electron chi connectivity index (χ4n) is 1.96. The smallest absolute Gasteiger partial charge is 0.317 e. The minimum atomic E-state index is -0.226. The number of nitrogens with zero attached hydrogens (tertiary/aromatic N) is 2. The second-order valence-corrected chi connectivity index (χ2v) is 5.01. The Labute approximate surface area is 129 Å². The van der Waals surface area contributed by atoms with E-state index in [-0.39, 0.29) is 18.7 Å². The lowest BCUT2D eigenvalue weighted by Crippen LogP contribution is -2.40. The Hall–Kier alpha value is -2.62. The first kappa shape index (κ1) is 15.8. The fraction of sp³-hybridized carbons (Fsp3) is 0.467. The Morgan fingerprint density at radius 3 is 3.05 bits per heavy atom. The summed E-state index contributed by atoms with van der Waals surface area (Å²) in [6.45, 7) is 3.10. The van der Waals surface area contributed by atoms with Gasteiger partial charge in [-0.2, -0.15) is 5.26 Å². The van der Waals surface area contributed by atoms with Crippen LogP contribution in [0.1, 0.15) is 6.92 Å². The van der Waals surface area contributed by atoms with Gasteiger partial charge >= 0.3 is 6.03 Å². The third kappa shape index (κ3) is 4.19. The third-order valence-corrected chi connectivity index (χ3v) is 3.11. The molecule has 0 saturated heterocycles. The van der Waals surface area contributed by atoms with Crippen LogP contribution in [0, 0.1) is 17.2 Å². The molecule has 2 amide bonds. The zero-order chi connectivity index (χ0) is 15.9. The summed E-state index contributed by atoms with van der Waals surface area (Å²) in [4.78, 5) is 13.3. The highest BCUT2D eigenvalue weighted by molar-refractivity contribution is 5.73. The molecule has 0 radical (unpaired) electrons. The topological polar surface area (TPSA) is 83.8 Å². The molecule has 0 saturated carbocycles. The maximum atomic E-state index is 11.8. The van der Waals surface area contributed by atoms with Gasteiger partial charge in [-0.15, -0.1) is 0 Å². The number of carbonyl (C=O) groups excluding carboxylic acids is 1. The average Bonchev–Trinajstić information content (AvgIpc) is 2.98. The zero-order valence-corrected chi connectivity index (χ0v) is 12.7. The number of nitrogens with one attached hydrogen (secondary N) is 1. The summed E-state index contributed by atoms with van der Waals surface area (Å²) in [5.74, 6) is 1.83. The van der Waals surface area contributed by atoms with E-state index in [1.165, 1.54) is 4.90 Å². The molecule has 0 bridgehead atoms. The van der Waals surface area contributed by atoms with Crippen molar-refractivity contribution in [2.75, 3.05) is 33.5 Å². The third-order valence-electron chi connectivity index (χ3n) is 3.11. The van der Waals surface area contributed by atoms with Crippen molar-refractivity contribution in [1.29, 1.82) is 5.26 Å². The lowest BCUT2D eigenvalue weighted by atomic mass is 10.2. The van der Waals surface area contributed by atoms with E-state index < -0.39 is 0 Å². The number of hydrogen-bond donors (Lipinski definition) is 1. The second-order valence-electron chi connectivity index (χ2n) is 5.01. The van der Waals surface area contributed by atoms with Gasteiger partial charge in [0.05, 0.1) is 18.5 Å². The molecule has 22 heavy (non-hydrogen) atoms. The monoisotopic (exact) mass is 305 g/mol. The summed E-state index contributed by atoms with van der Waals surface area (Å²) < 4.78 is 16.0. The minimum absolute atomic E-state index is 0.194. The van der Waals surface area contributed by atoms with Gasteiger partial charge in [0.2, 0.25) is 6.79 Å². The number of urea groups is 1. The molecule has 1 N–H and O–H groups in total. The Morgan fingerprint density at radius 2 is 2.27 bits per heavy atom. The van der Waals surface area contributed by atoms with E-state index in [2.05, 4.69) is 11.4 Å². The molecule has 7 heteroatoms. The summed E-state index contributed by atoms with van der Waals surface area (Å²) in [6.07, 6.45) is 0. The van der Waals surface area contributed by atoms with Crippen molar-refractivity contribution in [3.05, 3.63) is 18.2 Å². The molecule has 1 aliphatic heterocycles. The van der Waals surface area contributed by atoms with Crippen LogP contribution in [-0.2, 0) is 0 Å². The molecule has 0 spiro atoms.